The van der Waals surface area contributed by atoms with Gasteiger partial charge in [0.1, 0.15) is 12.0 Å². The molecule has 1 aliphatic rings. The Hall–Kier alpha value is -1.72. The molecule has 2 rings (SSSR count). The normalized spacial score (nSPS) is 16.3. The van der Waals surface area contributed by atoms with Crippen molar-refractivity contribution in [2.75, 3.05) is 24.1 Å². The van der Waals surface area contributed by atoms with Crippen LogP contribution in [-0.2, 0) is 9.53 Å². The lowest BCUT2D eigenvalue weighted by atomic mass is 10.1. The number of nitrogens with zero attached hydrogens (tertiary/aromatic N) is 1. The summed E-state index contributed by atoms with van der Waals surface area (Å²) in [6, 6.07) is 5.63. The molecule has 0 aliphatic carbocycles. The fourth-order valence-electron chi connectivity index (χ4n) is 2.13. The van der Waals surface area contributed by atoms with Crippen molar-refractivity contribution in [2.45, 2.75) is 26.0 Å². The van der Waals surface area contributed by atoms with E-state index in [1.54, 1.807) is 11.0 Å². The number of carbonyl (C=O) groups is 1. The second-order valence-corrected chi connectivity index (χ2v) is 5.35. The third-order valence-electron chi connectivity index (χ3n) is 3.28. The van der Waals surface area contributed by atoms with E-state index in [4.69, 9.17) is 21.1 Å². The topological polar surface area (TPSA) is 59.0 Å². The highest BCUT2D eigenvalue weighted by molar-refractivity contribution is 6.17. The van der Waals surface area contributed by atoms with Gasteiger partial charge in [0, 0.05) is 18.9 Å². The highest BCUT2D eigenvalue weighted by Gasteiger charge is 2.22. The molecule has 1 aromatic rings. The second kappa shape index (κ2) is 8.06. The summed E-state index contributed by atoms with van der Waals surface area (Å²) < 4.78 is 10.7. The molecule has 1 aromatic carbocycles. The molecule has 0 bridgehead atoms. The second-order valence-electron chi connectivity index (χ2n) is 4.97. The Morgan fingerprint density at radius 2 is 2.23 bits per heavy atom. The summed E-state index contributed by atoms with van der Waals surface area (Å²) in [5, 5.41) is 10.1. The molecule has 0 fully saturated rings. The number of fused-ring (bicyclic) bond motifs is 1. The van der Waals surface area contributed by atoms with Crippen LogP contribution in [0.3, 0.4) is 0 Å². The minimum Gasteiger partial charge on any atom is -0.494 e. The minimum absolute atomic E-state index is 0.0104. The van der Waals surface area contributed by atoms with Crippen LogP contribution >= 0.6 is 11.6 Å². The molecule has 0 spiro atoms. The Kier molecular flexibility index (Phi) is 6.10. The zero-order chi connectivity index (χ0) is 15.9. The van der Waals surface area contributed by atoms with E-state index in [2.05, 4.69) is 0 Å². The maximum absolute atomic E-state index is 11.0. The van der Waals surface area contributed by atoms with Gasteiger partial charge in [-0.3, -0.25) is 4.79 Å². The first-order valence-corrected chi connectivity index (χ1v) is 7.74. The number of esters is 1. The molecule has 0 saturated heterocycles. The predicted molar refractivity (Wildman–Crippen MR) is 86.0 cm³/mol. The van der Waals surface area contributed by atoms with Gasteiger partial charge in [0.15, 0.2) is 6.73 Å². The van der Waals surface area contributed by atoms with Crippen molar-refractivity contribution >= 4 is 29.3 Å². The number of halogens is 1. The summed E-state index contributed by atoms with van der Waals surface area (Å²) in [7, 11) is 0. The summed E-state index contributed by atoms with van der Waals surface area (Å²) in [5.41, 5.74) is 1.71. The van der Waals surface area contributed by atoms with Gasteiger partial charge in [0.05, 0.1) is 12.3 Å². The van der Waals surface area contributed by atoms with Gasteiger partial charge in [-0.1, -0.05) is 6.08 Å². The lowest BCUT2D eigenvalue weighted by Gasteiger charge is -2.31. The Morgan fingerprint density at radius 1 is 1.41 bits per heavy atom. The summed E-state index contributed by atoms with van der Waals surface area (Å²) >= 11 is 5.63. The lowest BCUT2D eigenvalue weighted by molar-refractivity contribution is -0.141. The molecule has 0 radical (unpaired) electrons. The Morgan fingerprint density at radius 3 is 2.95 bits per heavy atom. The zero-order valence-electron chi connectivity index (χ0n) is 12.5. The van der Waals surface area contributed by atoms with Crippen molar-refractivity contribution in [3.8, 4) is 5.75 Å². The fraction of sp³-hybridized carbons (Fsp3) is 0.438. The van der Waals surface area contributed by atoms with E-state index in [-0.39, 0.29) is 6.73 Å². The van der Waals surface area contributed by atoms with Crippen LogP contribution < -0.4 is 9.64 Å². The molecule has 1 unspecified atom stereocenters. The molecule has 1 heterocycles. The lowest BCUT2D eigenvalue weighted by Crippen LogP contribution is -2.38. The summed E-state index contributed by atoms with van der Waals surface area (Å²) in [5.74, 6) is 0.946. The number of aliphatic hydroxyl groups excluding tert-OH is 1. The van der Waals surface area contributed by atoms with E-state index in [0.717, 1.165) is 24.1 Å². The number of anilines is 1. The molecule has 1 N–H and O–H groups in total. The van der Waals surface area contributed by atoms with Crippen molar-refractivity contribution in [3.63, 3.8) is 0 Å². The van der Waals surface area contributed by atoms with Crippen molar-refractivity contribution in [1.29, 1.82) is 0 Å². The smallest absolute Gasteiger partial charge is 0.304 e. The van der Waals surface area contributed by atoms with Crippen LogP contribution in [0, 0.1) is 0 Å². The van der Waals surface area contributed by atoms with Gasteiger partial charge < -0.3 is 19.5 Å². The largest absolute Gasteiger partial charge is 0.494 e. The maximum Gasteiger partial charge on any atom is 0.304 e. The molecular formula is C16H20ClNO4. The average molecular weight is 326 g/mol. The number of carbonyl (C=O) groups excluding carboxylic acids is 1. The van der Waals surface area contributed by atoms with Crippen molar-refractivity contribution in [1.82, 2.24) is 0 Å². The number of alkyl halides is 1. The number of rotatable bonds is 7. The standard InChI is InChI=1S/C16H20ClNO4/c1-12(19)22-11-18-15-10-14(21-9-3-2-8-17)6-4-13(15)5-7-16(18)20/h4-7,10,16,20H,2-3,8-9,11H2,1H3. The maximum atomic E-state index is 11.0. The highest BCUT2D eigenvalue weighted by Crippen LogP contribution is 2.32. The predicted octanol–water partition coefficient (Wildman–Crippen LogP) is 2.76. The number of hydrogen-bond acceptors (Lipinski definition) is 5. The average Bonchev–Trinajstić information content (AvgIpc) is 2.50. The van der Waals surface area contributed by atoms with Crippen molar-refractivity contribution < 1.29 is 19.4 Å². The number of hydrogen-bond donors (Lipinski definition) is 1. The minimum atomic E-state index is -0.835. The van der Waals surface area contributed by atoms with E-state index < -0.39 is 12.2 Å². The van der Waals surface area contributed by atoms with E-state index >= 15 is 0 Å². The molecule has 6 heteroatoms. The quantitative estimate of drug-likeness (QED) is 0.474. The number of ether oxygens (including phenoxy) is 2. The van der Waals surface area contributed by atoms with Gasteiger partial charge in [-0.05, 0) is 36.6 Å². The highest BCUT2D eigenvalue weighted by atomic mass is 35.5. The van der Waals surface area contributed by atoms with Crippen LogP contribution in [0.4, 0.5) is 5.69 Å². The molecule has 1 atom stereocenters. The van der Waals surface area contributed by atoms with E-state index in [0.29, 0.717) is 18.2 Å². The summed E-state index contributed by atoms with van der Waals surface area (Å²) in [6.45, 7) is 1.92. The third kappa shape index (κ3) is 4.39. The van der Waals surface area contributed by atoms with Gasteiger partial charge in [-0.2, -0.15) is 0 Å². The van der Waals surface area contributed by atoms with E-state index in [1.807, 2.05) is 24.3 Å². The molecule has 0 saturated carbocycles. The molecule has 1 aliphatic heterocycles. The van der Waals surface area contributed by atoms with Crippen LogP contribution in [0.15, 0.2) is 24.3 Å². The number of unbranched alkanes of at least 4 members (excludes halogenated alkanes) is 1. The van der Waals surface area contributed by atoms with Crippen molar-refractivity contribution in [2.24, 2.45) is 0 Å². The van der Waals surface area contributed by atoms with Gasteiger partial charge in [0.2, 0.25) is 0 Å². The Balaban J connectivity index is 2.10. The van der Waals surface area contributed by atoms with Crippen LogP contribution in [0.25, 0.3) is 6.08 Å². The van der Waals surface area contributed by atoms with Crippen LogP contribution in [0.2, 0.25) is 0 Å². The number of benzene rings is 1. The van der Waals surface area contributed by atoms with Gasteiger partial charge in [-0.25, -0.2) is 0 Å². The fourth-order valence-corrected chi connectivity index (χ4v) is 2.32. The van der Waals surface area contributed by atoms with E-state index in [1.165, 1.54) is 6.92 Å². The first-order valence-electron chi connectivity index (χ1n) is 7.21. The summed E-state index contributed by atoms with van der Waals surface area (Å²) in [6.07, 6.45) is 4.44. The molecule has 0 aromatic heterocycles. The molecular weight excluding hydrogens is 306 g/mol. The van der Waals surface area contributed by atoms with Crippen LogP contribution in [0.1, 0.15) is 25.3 Å². The third-order valence-corrected chi connectivity index (χ3v) is 3.55. The van der Waals surface area contributed by atoms with Crippen LogP contribution in [0.5, 0.6) is 5.75 Å². The number of aliphatic hydroxyl groups is 1. The Bertz CT molecular complexity index is 547. The van der Waals surface area contributed by atoms with Crippen molar-refractivity contribution in [3.05, 3.63) is 29.8 Å². The van der Waals surface area contributed by atoms with E-state index in [9.17, 15) is 9.90 Å². The molecule has 22 heavy (non-hydrogen) atoms. The van der Waals surface area contributed by atoms with Gasteiger partial charge in [-0.15, -0.1) is 11.6 Å². The molecule has 5 nitrogen and oxygen atoms in total. The summed E-state index contributed by atoms with van der Waals surface area (Å²) in [4.78, 5) is 12.6. The molecule has 120 valence electrons. The Labute approximate surface area is 135 Å². The molecule has 0 amide bonds. The SMILES string of the molecule is CC(=O)OCN1c2cc(OCCCCCl)ccc2C=CC1O. The van der Waals surface area contributed by atoms with Gasteiger partial charge in [0.25, 0.3) is 0 Å². The van der Waals surface area contributed by atoms with Gasteiger partial charge >= 0.3 is 5.97 Å². The first kappa shape index (κ1) is 16.6. The zero-order valence-corrected chi connectivity index (χ0v) is 13.3. The first-order chi connectivity index (χ1) is 10.6. The monoisotopic (exact) mass is 325 g/mol. The van der Waals surface area contributed by atoms with Crippen LogP contribution in [-0.4, -0.2) is 36.5 Å².